The van der Waals surface area contributed by atoms with Crippen LogP contribution in [0.3, 0.4) is 0 Å². The van der Waals surface area contributed by atoms with Gasteiger partial charge in [-0.3, -0.25) is 0 Å². The average molecular weight is 341 g/mol. The minimum Gasteiger partial charge on any atom is -0.495 e. The molecule has 0 saturated carbocycles. The molecule has 0 N–H and O–H groups in total. The first kappa shape index (κ1) is 16.4. The molecule has 124 valence electrons. The van der Waals surface area contributed by atoms with Gasteiger partial charge in [0.05, 0.1) is 19.0 Å². The number of benzene rings is 1. The number of piperazine rings is 1. The summed E-state index contributed by atoms with van der Waals surface area (Å²) < 4.78 is 5.46. The standard InChI is InChI=1S/C17H19N5OS/c1-23-15-6-4-3-5-14(15)21-7-9-22(10-8-21)16-13(11-18)12-19-17(20-16)24-2/h3-6,12H,7-10H2,1-2H3. The van der Waals surface area contributed by atoms with Gasteiger partial charge in [0, 0.05) is 26.2 Å². The summed E-state index contributed by atoms with van der Waals surface area (Å²) >= 11 is 1.48. The topological polar surface area (TPSA) is 65.3 Å². The lowest BCUT2D eigenvalue weighted by Gasteiger charge is -2.37. The number of rotatable bonds is 4. The number of para-hydroxylation sites is 2. The Hall–Kier alpha value is -2.46. The van der Waals surface area contributed by atoms with Gasteiger partial charge < -0.3 is 14.5 Å². The highest BCUT2D eigenvalue weighted by Crippen LogP contribution is 2.29. The zero-order valence-corrected chi connectivity index (χ0v) is 14.6. The number of ether oxygens (including phenoxy) is 1. The van der Waals surface area contributed by atoms with Crippen LogP contribution in [0.2, 0.25) is 0 Å². The van der Waals surface area contributed by atoms with Gasteiger partial charge in [-0.1, -0.05) is 23.9 Å². The molecule has 0 atom stereocenters. The molecule has 7 heteroatoms. The maximum Gasteiger partial charge on any atom is 0.189 e. The maximum absolute atomic E-state index is 9.32. The summed E-state index contributed by atoms with van der Waals surface area (Å²) in [6.45, 7) is 3.31. The monoisotopic (exact) mass is 341 g/mol. The molecule has 0 radical (unpaired) electrons. The molecule has 0 amide bonds. The van der Waals surface area contributed by atoms with Crippen molar-refractivity contribution >= 4 is 23.3 Å². The number of nitriles is 1. The summed E-state index contributed by atoms with van der Waals surface area (Å²) in [5.41, 5.74) is 1.63. The van der Waals surface area contributed by atoms with Crippen molar-refractivity contribution in [3.05, 3.63) is 36.0 Å². The lowest BCUT2D eigenvalue weighted by molar-refractivity contribution is 0.413. The van der Waals surface area contributed by atoms with Crippen LogP contribution in [0.1, 0.15) is 5.56 Å². The molecule has 24 heavy (non-hydrogen) atoms. The molecule has 0 unspecified atom stereocenters. The SMILES string of the molecule is COc1ccccc1N1CCN(c2nc(SC)ncc2C#N)CC1. The second-order valence-corrected chi connectivity index (χ2v) is 6.13. The minimum atomic E-state index is 0.526. The number of hydrogen-bond donors (Lipinski definition) is 0. The van der Waals surface area contributed by atoms with Crippen molar-refractivity contribution in [1.82, 2.24) is 9.97 Å². The molecule has 1 aliphatic rings. The summed E-state index contributed by atoms with van der Waals surface area (Å²) in [5, 5.41) is 10.0. The lowest BCUT2D eigenvalue weighted by Crippen LogP contribution is -2.47. The second kappa shape index (κ2) is 7.41. The molecule has 2 aromatic rings. The van der Waals surface area contributed by atoms with E-state index in [1.165, 1.54) is 11.8 Å². The fourth-order valence-electron chi connectivity index (χ4n) is 2.83. The first-order chi connectivity index (χ1) is 11.8. The smallest absolute Gasteiger partial charge is 0.189 e. The highest BCUT2D eigenvalue weighted by atomic mass is 32.2. The van der Waals surface area contributed by atoms with Crippen molar-refractivity contribution in [3.63, 3.8) is 0 Å². The molecular formula is C17H19N5OS. The maximum atomic E-state index is 9.32. The van der Waals surface area contributed by atoms with Crippen molar-refractivity contribution in [2.45, 2.75) is 5.16 Å². The Labute approximate surface area is 146 Å². The quantitative estimate of drug-likeness (QED) is 0.625. The van der Waals surface area contributed by atoms with Crippen LogP contribution in [0, 0.1) is 11.3 Å². The van der Waals surface area contributed by atoms with E-state index >= 15 is 0 Å². The molecule has 1 aromatic carbocycles. The van der Waals surface area contributed by atoms with E-state index in [0.29, 0.717) is 10.7 Å². The Morgan fingerprint density at radius 3 is 2.54 bits per heavy atom. The summed E-state index contributed by atoms with van der Waals surface area (Å²) in [7, 11) is 1.69. The first-order valence-electron chi connectivity index (χ1n) is 7.71. The predicted octanol–water partition coefficient (Wildman–Crippen LogP) is 2.41. The van der Waals surface area contributed by atoms with Crippen molar-refractivity contribution in [2.75, 3.05) is 49.3 Å². The summed E-state index contributed by atoms with van der Waals surface area (Å²) in [5.74, 6) is 1.62. The van der Waals surface area contributed by atoms with Crippen LogP contribution < -0.4 is 14.5 Å². The van der Waals surface area contributed by atoms with E-state index in [9.17, 15) is 5.26 Å². The van der Waals surface area contributed by atoms with Crippen LogP contribution in [0.25, 0.3) is 0 Å². The number of nitrogens with zero attached hydrogens (tertiary/aromatic N) is 5. The summed E-state index contributed by atoms with van der Waals surface area (Å²) in [4.78, 5) is 13.2. The largest absolute Gasteiger partial charge is 0.495 e. The normalized spacial score (nSPS) is 14.4. The van der Waals surface area contributed by atoms with E-state index in [-0.39, 0.29) is 0 Å². The Balaban J connectivity index is 1.77. The van der Waals surface area contributed by atoms with Crippen LogP contribution in [0.4, 0.5) is 11.5 Å². The van der Waals surface area contributed by atoms with E-state index in [0.717, 1.165) is 43.4 Å². The van der Waals surface area contributed by atoms with E-state index in [4.69, 9.17) is 4.74 Å². The van der Waals surface area contributed by atoms with E-state index in [2.05, 4.69) is 31.9 Å². The number of anilines is 2. The van der Waals surface area contributed by atoms with E-state index in [1.54, 1.807) is 13.3 Å². The van der Waals surface area contributed by atoms with Gasteiger partial charge in [0.15, 0.2) is 11.0 Å². The zero-order valence-electron chi connectivity index (χ0n) is 13.8. The van der Waals surface area contributed by atoms with Gasteiger partial charge >= 0.3 is 0 Å². The van der Waals surface area contributed by atoms with Crippen LogP contribution >= 0.6 is 11.8 Å². The Morgan fingerprint density at radius 2 is 1.88 bits per heavy atom. The van der Waals surface area contributed by atoms with Crippen molar-refractivity contribution in [1.29, 1.82) is 5.26 Å². The van der Waals surface area contributed by atoms with Crippen LogP contribution in [0.15, 0.2) is 35.6 Å². The third-order valence-electron chi connectivity index (χ3n) is 4.05. The third-order valence-corrected chi connectivity index (χ3v) is 4.62. The van der Waals surface area contributed by atoms with Gasteiger partial charge in [0.1, 0.15) is 17.4 Å². The summed E-state index contributed by atoms with van der Waals surface area (Å²) in [6, 6.07) is 10.2. The molecule has 0 aliphatic carbocycles. The van der Waals surface area contributed by atoms with E-state index in [1.807, 2.05) is 24.5 Å². The van der Waals surface area contributed by atoms with Crippen molar-refractivity contribution in [2.24, 2.45) is 0 Å². The Bertz CT molecular complexity index is 753. The van der Waals surface area contributed by atoms with Gasteiger partial charge in [-0.2, -0.15) is 5.26 Å². The summed E-state index contributed by atoms with van der Waals surface area (Å²) in [6.07, 6.45) is 3.55. The van der Waals surface area contributed by atoms with Gasteiger partial charge in [0.25, 0.3) is 0 Å². The number of methoxy groups -OCH3 is 1. The molecule has 1 fully saturated rings. The molecule has 1 saturated heterocycles. The lowest BCUT2D eigenvalue weighted by atomic mass is 10.2. The van der Waals surface area contributed by atoms with Crippen LogP contribution in [-0.4, -0.2) is 49.5 Å². The Kier molecular flexibility index (Phi) is 5.06. The third kappa shape index (κ3) is 3.24. The second-order valence-electron chi connectivity index (χ2n) is 5.35. The molecule has 6 nitrogen and oxygen atoms in total. The van der Waals surface area contributed by atoms with Gasteiger partial charge in [-0.25, -0.2) is 9.97 Å². The number of hydrogen-bond acceptors (Lipinski definition) is 7. The fraction of sp³-hybridized carbons (Fsp3) is 0.353. The molecule has 1 aromatic heterocycles. The molecule has 3 rings (SSSR count). The van der Waals surface area contributed by atoms with Gasteiger partial charge in [-0.15, -0.1) is 0 Å². The van der Waals surface area contributed by atoms with Gasteiger partial charge in [0.2, 0.25) is 0 Å². The highest BCUT2D eigenvalue weighted by molar-refractivity contribution is 7.98. The first-order valence-corrected chi connectivity index (χ1v) is 8.93. The molecule has 1 aliphatic heterocycles. The Morgan fingerprint density at radius 1 is 1.17 bits per heavy atom. The molecule has 2 heterocycles. The van der Waals surface area contributed by atoms with Gasteiger partial charge in [-0.05, 0) is 18.4 Å². The number of aromatic nitrogens is 2. The molecule has 0 bridgehead atoms. The van der Waals surface area contributed by atoms with Crippen molar-refractivity contribution < 1.29 is 4.74 Å². The van der Waals surface area contributed by atoms with Crippen LogP contribution in [-0.2, 0) is 0 Å². The van der Waals surface area contributed by atoms with E-state index < -0.39 is 0 Å². The highest BCUT2D eigenvalue weighted by Gasteiger charge is 2.22. The van der Waals surface area contributed by atoms with Crippen molar-refractivity contribution in [3.8, 4) is 11.8 Å². The molecule has 0 spiro atoms. The fourth-order valence-corrected chi connectivity index (χ4v) is 3.16. The minimum absolute atomic E-state index is 0.526. The van der Waals surface area contributed by atoms with Crippen LogP contribution in [0.5, 0.6) is 5.75 Å². The predicted molar refractivity (Wildman–Crippen MR) is 95.9 cm³/mol. The average Bonchev–Trinajstić information content (AvgIpc) is 2.67. The number of thioether (sulfide) groups is 1. The zero-order chi connectivity index (χ0) is 16.9. The molecular weight excluding hydrogens is 322 g/mol.